The summed E-state index contributed by atoms with van der Waals surface area (Å²) in [6.07, 6.45) is 0. The number of rotatable bonds is 5. The van der Waals surface area contributed by atoms with E-state index in [0.717, 1.165) is 11.4 Å². The number of carboxylic acids is 1. The molecule has 0 aliphatic heterocycles. The molecule has 1 N–H and O–H groups in total. The molecule has 0 unspecified atom stereocenters. The van der Waals surface area contributed by atoms with Gasteiger partial charge < -0.3 is 18.9 Å². The molecule has 0 aliphatic carbocycles. The van der Waals surface area contributed by atoms with E-state index in [-0.39, 0.29) is 18.0 Å². The zero-order valence-electron chi connectivity index (χ0n) is 15.9. The van der Waals surface area contributed by atoms with Gasteiger partial charge in [0, 0.05) is 24.5 Å². The van der Waals surface area contributed by atoms with Crippen LogP contribution in [0.2, 0.25) is 0 Å². The number of aryl methyl sites for hydroxylation is 3. The Morgan fingerprint density at radius 2 is 1.85 bits per heavy atom. The van der Waals surface area contributed by atoms with E-state index in [4.69, 9.17) is 14.0 Å². The fourth-order valence-corrected chi connectivity index (χ4v) is 3.14. The molecule has 0 fully saturated rings. The number of aromatic carboxylic acids is 1. The number of furan rings is 1. The van der Waals surface area contributed by atoms with E-state index in [1.165, 1.54) is 11.0 Å². The second-order valence-electron chi connectivity index (χ2n) is 6.56. The number of carboxylic acid groups (broad SMARTS) is 1. The smallest absolute Gasteiger partial charge is 0.339 e. The third kappa shape index (κ3) is 3.38. The van der Waals surface area contributed by atoms with E-state index < -0.39 is 5.97 Å². The molecule has 0 atom stereocenters. The Hall–Kier alpha value is -3.29. The lowest BCUT2D eigenvalue weighted by atomic mass is 10.2. The van der Waals surface area contributed by atoms with Gasteiger partial charge in [-0.3, -0.25) is 9.36 Å². The van der Waals surface area contributed by atoms with Crippen molar-refractivity contribution in [3.63, 3.8) is 0 Å². The first-order valence-corrected chi connectivity index (χ1v) is 8.39. The highest BCUT2D eigenvalue weighted by Gasteiger charge is 2.22. The van der Waals surface area contributed by atoms with Crippen LogP contribution in [0.4, 0.5) is 0 Å². The van der Waals surface area contributed by atoms with Gasteiger partial charge in [-0.05, 0) is 39.8 Å². The number of aromatic nitrogens is 2. The maximum Gasteiger partial charge on any atom is 0.339 e. The predicted molar refractivity (Wildman–Crippen MR) is 96.2 cm³/mol. The normalized spacial score (nSPS) is 11.0. The van der Waals surface area contributed by atoms with Gasteiger partial charge >= 0.3 is 5.97 Å². The van der Waals surface area contributed by atoms with Crippen molar-refractivity contribution < 1.29 is 23.6 Å². The Morgan fingerprint density at radius 3 is 2.41 bits per heavy atom. The van der Waals surface area contributed by atoms with Crippen molar-refractivity contribution in [1.29, 1.82) is 0 Å². The second-order valence-corrected chi connectivity index (χ2v) is 6.56. The van der Waals surface area contributed by atoms with E-state index in [9.17, 15) is 9.59 Å². The highest BCUT2D eigenvalue weighted by molar-refractivity contribution is 5.95. The van der Waals surface area contributed by atoms with Crippen LogP contribution < -0.4 is 0 Å². The van der Waals surface area contributed by atoms with E-state index in [2.05, 4.69) is 5.16 Å². The molecule has 142 valence electrons. The first-order valence-electron chi connectivity index (χ1n) is 8.39. The number of hydrogen-bond donors (Lipinski definition) is 1. The Labute approximate surface area is 156 Å². The molecule has 3 rings (SSSR count). The summed E-state index contributed by atoms with van der Waals surface area (Å²) in [6.45, 7) is 7.30. The van der Waals surface area contributed by atoms with Crippen molar-refractivity contribution in [2.24, 2.45) is 0 Å². The van der Waals surface area contributed by atoms with Crippen molar-refractivity contribution >= 4 is 11.9 Å². The van der Waals surface area contributed by atoms with E-state index in [1.54, 1.807) is 33.0 Å². The number of carbonyl (C=O) groups is 2. The van der Waals surface area contributed by atoms with Gasteiger partial charge in [-0.15, -0.1) is 0 Å². The van der Waals surface area contributed by atoms with Gasteiger partial charge in [-0.25, -0.2) is 4.79 Å². The zero-order chi connectivity index (χ0) is 19.9. The van der Waals surface area contributed by atoms with Crippen LogP contribution in [0.15, 0.2) is 27.1 Å². The van der Waals surface area contributed by atoms with Crippen molar-refractivity contribution in [2.75, 3.05) is 7.05 Å². The van der Waals surface area contributed by atoms with Crippen molar-refractivity contribution in [3.05, 3.63) is 58.0 Å². The third-order valence-corrected chi connectivity index (χ3v) is 4.45. The van der Waals surface area contributed by atoms with Gasteiger partial charge in [0.25, 0.3) is 5.91 Å². The van der Waals surface area contributed by atoms with Gasteiger partial charge in [0.2, 0.25) is 0 Å². The zero-order valence-corrected chi connectivity index (χ0v) is 15.9. The molecule has 1 amide bonds. The van der Waals surface area contributed by atoms with Crippen LogP contribution in [-0.2, 0) is 6.54 Å². The Bertz CT molecular complexity index is 1020. The van der Waals surface area contributed by atoms with Crippen molar-refractivity contribution in [1.82, 2.24) is 14.6 Å². The van der Waals surface area contributed by atoms with E-state index in [0.29, 0.717) is 28.7 Å². The fourth-order valence-electron chi connectivity index (χ4n) is 3.14. The average molecular weight is 371 g/mol. The molecule has 8 nitrogen and oxygen atoms in total. The maximum atomic E-state index is 12.9. The highest BCUT2D eigenvalue weighted by Crippen LogP contribution is 2.23. The molecule has 0 saturated heterocycles. The minimum Gasteiger partial charge on any atom is -0.478 e. The fraction of sp³-hybridized carbons (Fsp3) is 0.316. The van der Waals surface area contributed by atoms with Gasteiger partial charge in [0.1, 0.15) is 22.8 Å². The van der Waals surface area contributed by atoms with Crippen LogP contribution in [0.25, 0.3) is 5.82 Å². The molecular formula is C19H21N3O5. The lowest BCUT2D eigenvalue weighted by molar-refractivity contribution is 0.0694. The minimum atomic E-state index is -1.05. The summed E-state index contributed by atoms with van der Waals surface area (Å²) in [7, 11) is 1.65. The van der Waals surface area contributed by atoms with Crippen LogP contribution in [0, 0.1) is 27.7 Å². The summed E-state index contributed by atoms with van der Waals surface area (Å²) in [4.78, 5) is 25.5. The minimum absolute atomic E-state index is 0.102. The molecule has 0 spiro atoms. The average Bonchev–Trinajstić information content (AvgIpc) is 3.24. The molecular weight excluding hydrogens is 350 g/mol. The van der Waals surface area contributed by atoms with Crippen LogP contribution in [0.1, 0.15) is 49.4 Å². The summed E-state index contributed by atoms with van der Waals surface area (Å²) >= 11 is 0. The summed E-state index contributed by atoms with van der Waals surface area (Å²) in [6, 6.07) is 5.05. The molecule has 0 aromatic carbocycles. The van der Waals surface area contributed by atoms with Gasteiger partial charge in [0.05, 0.1) is 12.1 Å². The largest absolute Gasteiger partial charge is 0.478 e. The summed E-state index contributed by atoms with van der Waals surface area (Å²) in [5.41, 5.74) is 2.25. The Kier molecular flexibility index (Phi) is 4.65. The van der Waals surface area contributed by atoms with Crippen molar-refractivity contribution in [3.8, 4) is 5.82 Å². The second kappa shape index (κ2) is 6.79. The van der Waals surface area contributed by atoms with Crippen LogP contribution in [-0.4, -0.2) is 38.7 Å². The molecule has 0 radical (unpaired) electrons. The number of nitrogens with zero attached hydrogens (tertiary/aromatic N) is 3. The number of carbonyl (C=O) groups excluding carboxylic acids is 1. The standard InChI is InChI=1S/C19H21N3O5/c1-10-6-15(12(3)22(10)17-7-11(2)27-20-17)18(23)21(5)9-14-8-16(19(24)25)13(4)26-14/h6-8H,9H2,1-5H3,(H,24,25). The summed E-state index contributed by atoms with van der Waals surface area (Å²) in [5, 5.41) is 13.1. The van der Waals surface area contributed by atoms with Crippen LogP contribution >= 0.6 is 0 Å². The molecule has 8 heteroatoms. The first-order chi connectivity index (χ1) is 12.7. The highest BCUT2D eigenvalue weighted by atomic mass is 16.5. The topological polar surface area (TPSA) is 102 Å². The van der Waals surface area contributed by atoms with Crippen LogP contribution in [0.3, 0.4) is 0 Å². The van der Waals surface area contributed by atoms with E-state index in [1.807, 2.05) is 18.4 Å². The van der Waals surface area contributed by atoms with Gasteiger partial charge in [-0.2, -0.15) is 0 Å². The lowest BCUT2D eigenvalue weighted by Gasteiger charge is -2.16. The Morgan fingerprint density at radius 1 is 1.15 bits per heavy atom. The molecule has 0 aliphatic rings. The molecule has 3 aromatic rings. The summed E-state index contributed by atoms with van der Waals surface area (Å²) < 4.78 is 12.5. The quantitative estimate of drug-likeness (QED) is 0.739. The molecule has 27 heavy (non-hydrogen) atoms. The number of hydrogen-bond acceptors (Lipinski definition) is 5. The monoisotopic (exact) mass is 371 g/mol. The van der Waals surface area contributed by atoms with Crippen LogP contribution in [0.5, 0.6) is 0 Å². The predicted octanol–water partition coefficient (Wildman–Crippen LogP) is 3.26. The SMILES string of the molecule is Cc1cc(-n2c(C)cc(C(=O)N(C)Cc3cc(C(=O)O)c(C)o3)c2C)no1. The van der Waals surface area contributed by atoms with E-state index >= 15 is 0 Å². The number of amides is 1. The molecule has 3 heterocycles. The third-order valence-electron chi connectivity index (χ3n) is 4.45. The molecule has 0 bridgehead atoms. The van der Waals surface area contributed by atoms with Crippen molar-refractivity contribution in [2.45, 2.75) is 34.2 Å². The lowest BCUT2D eigenvalue weighted by Crippen LogP contribution is -2.26. The first kappa shape index (κ1) is 18.5. The van der Waals surface area contributed by atoms with Gasteiger partial charge in [-0.1, -0.05) is 5.16 Å². The maximum absolute atomic E-state index is 12.9. The summed E-state index contributed by atoms with van der Waals surface area (Å²) in [5.74, 6) is 0.796. The Balaban J connectivity index is 1.85. The molecule has 0 saturated carbocycles. The van der Waals surface area contributed by atoms with Gasteiger partial charge in [0.15, 0.2) is 5.82 Å². The molecule has 3 aromatic heterocycles.